The molecular weight excluding hydrogens is 600 g/mol. The van der Waals surface area contributed by atoms with E-state index in [9.17, 15) is 9.59 Å². The Hall–Kier alpha value is -3.35. The van der Waals surface area contributed by atoms with Crippen LogP contribution in [0.25, 0.3) is 10.8 Å². The van der Waals surface area contributed by atoms with Crippen molar-refractivity contribution in [1.29, 1.82) is 0 Å². The highest BCUT2D eigenvalue weighted by molar-refractivity contribution is 9.10. The van der Waals surface area contributed by atoms with Gasteiger partial charge in [0, 0.05) is 24.0 Å². The quantitative estimate of drug-likeness (QED) is 0.195. The van der Waals surface area contributed by atoms with Crippen molar-refractivity contribution in [2.75, 3.05) is 6.61 Å². The molecule has 0 radical (unpaired) electrons. The van der Waals surface area contributed by atoms with Gasteiger partial charge in [-0.3, -0.25) is 9.59 Å². The SMILES string of the molecule is O=C(NC1CCCCC1)[C@H](Cc1ccccc1)N(Cc1ccc(Cl)cc1)C(=O)COc1ccc2ccccc2c1Br. The largest absolute Gasteiger partial charge is 0.483 e. The fourth-order valence-electron chi connectivity index (χ4n) is 5.43. The number of carbonyl (C=O) groups excluding carboxylic acids is 2. The molecule has 0 bridgehead atoms. The Morgan fingerprint density at radius 1 is 0.878 bits per heavy atom. The predicted octanol–water partition coefficient (Wildman–Crippen LogP) is 7.72. The third-order valence-corrected chi connectivity index (χ3v) is 8.74. The molecule has 1 fully saturated rings. The number of amides is 2. The first-order chi connectivity index (χ1) is 20.0. The summed E-state index contributed by atoms with van der Waals surface area (Å²) in [5.41, 5.74) is 1.88. The zero-order valence-corrected chi connectivity index (χ0v) is 25.2. The first-order valence-corrected chi connectivity index (χ1v) is 15.3. The summed E-state index contributed by atoms with van der Waals surface area (Å²) in [7, 11) is 0. The van der Waals surface area contributed by atoms with Gasteiger partial charge in [0.05, 0.1) is 4.47 Å². The van der Waals surface area contributed by atoms with Gasteiger partial charge >= 0.3 is 0 Å². The van der Waals surface area contributed by atoms with Crippen molar-refractivity contribution in [3.05, 3.63) is 112 Å². The molecule has 0 saturated heterocycles. The number of benzene rings is 4. The van der Waals surface area contributed by atoms with E-state index < -0.39 is 6.04 Å². The van der Waals surface area contributed by atoms with Crippen molar-refractivity contribution in [2.45, 2.75) is 57.2 Å². The van der Waals surface area contributed by atoms with E-state index in [2.05, 4.69) is 21.2 Å². The maximum Gasteiger partial charge on any atom is 0.261 e. The lowest BCUT2D eigenvalue weighted by molar-refractivity contribution is -0.143. The van der Waals surface area contributed by atoms with Crippen LogP contribution < -0.4 is 10.1 Å². The van der Waals surface area contributed by atoms with Gasteiger partial charge in [0.25, 0.3) is 5.91 Å². The maximum atomic E-state index is 14.0. The second kappa shape index (κ2) is 14.0. The Bertz CT molecular complexity index is 1470. The van der Waals surface area contributed by atoms with E-state index in [0.717, 1.165) is 52.1 Å². The van der Waals surface area contributed by atoms with Crippen molar-refractivity contribution in [1.82, 2.24) is 10.2 Å². The Labute approximate surface area is 255 Å². The molecular formula is C34H34BrClN2O3. The second-order valence-corrected chi connectivity index (χ2v) is 11.8. The third kappa shape index (κ3) is 7.69. The summed E-state index contributed by atoms with van der Waals surface area (Å²) >= 11 is 9.80. The molecule has 1 saturated carbocycles. The lowest BCUT2D eigenvalue weighted by atomic mass is 9.94. The van der Waals surface area contributed by atoms with Crippen molar-refractivity contribution in [3.63, 3.8) is 0 Å². The minimum Gasteiger partial charge on any atom is -0.483 e. The third-order valence-electron chi connectivity index (χ3n) is 7.67. The van der Waals surface area contributed by atoms with Crippen LogP contribution >= 0.6 is 27.5 Å². The standard InChI is InChI=1S/C34H34BrClN2O3/c35-33-29-14-8-7-11-26(29)17-20-31(33)41-23-32(39)38(22-25-15-18-27(36)19-16-25)30(21-24-9-3-1-4-10-24)34(40)37-28-12-5-2-6-13-28/h1,3-4,7-11,14-20,28,30H,2,5-6,12-13,21-23H2,(H,37,40)/t30-/m0/s1. The number of ether oxygens (including phenoxy) is 1. The summed E-state index contributed by atoms with van der Waals surface area (Å²) in [6, 6.07) is 28.5. The predicted molar refractivity (Wildman–Crippen MR) is 168 cm³/mol. The molecule has 4 aromatic carbocycles. The summed E-state index contributed by atoms with van der Waals surface area (Å²) in [6.45, 7) is 0.0559. The van der Waals surface area contributed by atoms with E-state index in [1.807, 2.05) is 78.9 Å². The zero-order valence-electron chi connectivity index (χ0n) is 22.9. The van der Waals surface area contributed by atoms with E-state index in [-0.39, 0.29) is 31.0 Å². The molecule has 1 aliphatic carbocycles. The van der Waals surface area contributed by atoms with Crippen LogP contribution in [0.15, 0.2) is 95.5 Å². The molecule has 0 spiro atoms. The van der Waals surface area contributed by atoms with Gasteiger partial charge in [-0.2, -0.15) is 0 Å². The Balaban J connectivity index is 1.42. The van der Waals surface area contributed by atoms with Gasteiger partial charge in [0.1, 0.15) is 11.8 Å². The summed E-state index contributed by atoms with van der Waals surface area (Å²) in [5.74, 6) is 0.185. The van der Waals surface area contributed by atoms with Crippen molar-refractivity contribution >= 4 is 50.1 Å². The Morgan fingerprint density at radius 3 is 2.34 bits per heavy atom. The fraction of sp³-hybridized carbons (Fsp3) is 0.294. The van der Waals surface area contributed by atoms with Crippen LogP contribution in [0, 0.1) is 0 Å². The summed E-state index contributed by atoms with van der Waals surface area (Å²) < 4.78 is 6.88. The summed E-state index contributed by atoms with van der Waals surface area (Å²) in [6.07, 6.45) is 5.75. The van der Waals surface area contributed by atoms with Gasteiger partial charge in [0.2, 0.25) is 5.91 Å². The van der Waals surface area contributed by atoms with E-state index in [0.29, 0.717) is 17.2 Å². The summed E-state index contributed by atoms with van der Waals surface area (Å²) in [5, 5.41) is 5.97. The fourth-order valence-corrected chi connectivity index (χ4v) is 6.17. The molecule has 41 heavy (non-hydrogen) atoms. The van der Waals surface area contributed by atoms with Gasteiger partial charge in [-0.05, 0) is 68.9 Å². The normalized spacial score (nSPS) is 14.4. The molecule has 0 aliphatic heterocycles. The van der Waals surface area contributed by atoms with Crippen LogP contribution in [0.3, 0.4) is 0 Å². The first-order valence-electron chi connectivity index (χ1n) is 14.2. The van der Waals surface area contributed by atoms with Gasteiger partial charge in [-0.25, -0.2) is 0 Å². The van der Waals surface area contributed by atoms with Gasteiger partial charge in [0.15, 0.2) is 6.61 Å². The van der Waals surface area contributed by atoms with Crippen LogP contribution in [0.4, 0.5) is 0 Å². The molecule has 2 amide bonds. The number of nitrogens with one attached hydrogen (secondary N) is 1. The van der Waals surface area contributed by atoms with Crippen LogP contribution in [0.5, 0.6) is 5.75 Å². The number of hydrogen-bond donors (Lipinski definition) is 1. The molecule has 1 atom stereocenters. The maximum absolute atomic E-state index is 14.0. The number of hydrogen-bond acceptors (Lipinski definition) is 3. The summed E-state index contributed by atoms with van der Waals surface area (Å²) in [4.78, 5) is 29.5. The van der Waals surface area contributed by atoms with Crippen LogP contribution in [-0.2, 0) is 22.6 Å². The molecule has 1 N–H and O–H groups in total. The number of carbonyl (C=O) groups is 2. The highest BCUT2D eigenvalue weighted by Crippen LogP contribution is 2.33. The first kappa shape index (κ1) is 29.2. The van der Waals surface area contributed by atoms with Crippen molar-refractivity contribution in [3.8, 4) is 5.75 Å². The molecule has 1 aliphatic rings. The van der Waals surface area contributed by atoms with Crippen molar-refractivity contribution in [2.24, 2.45) is 0 Å². The van der Waals surface area contributed by atoms with Crippen LogP contribution in [0.1, 0.15) is 43.2 Å². The van der Waals surface area contributed by atoms with Gasteiger partial charge in [-0.1, -0.05) is 104 Å². The lowest BCUT2D eigenvalue weighted by Gasteiger charge is -2.33. The minimum atomic E-state index is -0.703. The molecule has 212 valence electrons. The zero-order chi connectivity index (χ0) is 28.6. The molecule has 5 rings (SSSR count). The number of rotatable bonds is 10. The van der Waals surface area contributed by atoms with Gasteiger partial charge in [-0.15, -0.1) is 0 Å². The topological polar surface area (TPSA) is 58.6 Å². The number of halogens is 2. The van der Waals surface area contributed by atoms with E-state index >= 15 is 0 Å². The molecule has 7 heteroatoms. The average Bonchev–Trinajstić information content (AvgIpc) is 3.00. The average molecular weight is 634 g/mol. The van der Waals surface area contributed by atoms with E-state index in [4.69, 9.17) is 16.3 Å². The highest BCUT2D eigenvalue weighted by Gasteiger charge is 2.32. The molecule has 0 aromatic heterocycles. The Kier molecular flexibility index (Phi) is 9.97. The minimum absolute atomic E-state index is 0.130. The van der Waals surface area contributed by atoms with Crippen molar-refractivity contribution < 1.29 is 14.3 Å². The van der Waals surface area contributed by atoms with E-state index in [1.165, 1.54) is 6.42 Å². The molecule has 0 heterocycles. The van der Waals surface area contributed by atoms with Crippen LogP contribution in [0.2, 0.25) is 5.02 Å². The second-order valence-electron chi connectivity index (χ2n) is 10.6. The van der Waals surface area contributed by atoms with Gasteiger partial charge < -0.3 is 15.0 Å². The number of nitrogens with zero attached hydrogens (tertiary/aromatic N) is 1. The Morgan fingerprint density at radius 2 is 1.59 bits per heavy atom. The van der Waals surface area contributed by atoms with E-state index in [1.54, 1.807) is 17.0 Å². The monoisotopic (exact) mass is 632 g/mol. The highest BCUT2D eigenvalue weighted by atomic mass is 79.9. The lowest BCUT2D eigenvalue weighted by Crippen LogP contribution is -2.53. The molecule has 4 aromatic rings. The smallest absolute Gasteiger partial charge is 0.261 e. The molecule has 0 unspecified atom stereocenters. The number of fused-ring (bicyclic) bond motifs is 1. The molecule has 5 nitrogen and oxygen atoms in total. The van der Waals surface area contributed by atoms with Crippen LogP contribution in [-0.4, -0.2) is 35.4 Å².